The monoisotopic (exact) mass is 504 g/mol. The molecule has 0 aromatic rings. The van der Waals surface area contributed by atoms with Crippen molar-refractivity contribution in [2.75, 3.05) is 46.6 Å². The zero-order chi connectivity index (χ0) is 24.4. The second kappa shape index (κ2) is 11.6. The van der Waals surface area contributed by atoms with Crippen molar-refractivity contribution in [3.8, 4) is 0 Å². The maximum atomic E-state index is 6.31. The topological polar surface area (TPSA) is 61.8 Å². The minimum atomic E-state index is -0.479. The molecule has 6 aliphatic carbocycles. The summed E-state index contributed by atoms with van der Waals surface area (Å²) < 4.78 is 11.5. The maximum absolute atomic E-state index is 6.31. The van der Waals surface area contributed by atoms with Crippen molar-refractivity contribution < 1.29 is 24.1 Å². The van der Waals surface area contributed by atoms with E-state index >= 15 is 0 Å². The van der Waals surface area contributed by atoms with Gasteiger partial charge in [0.1, 0.15) is 6.61 Å². The quantitative estimate of drug-likeness (QED) is 0.186. The summed E-state index contributed by atoms with van der Waals surface area (Å²) in [5.41, 5.74) is 1.26. The number of ether oxygens (including phenoxy) is 2. The van der Waals surface area contributed by atoms with E-state index in [4.69, 9.17) is 24.1 Å². The first-order valence-corrected chi connectivity index (χ1v) is 15.1. The van der Waals surface area contributed by atoms with Gasteiger partial charge in [-0.2, -0.15) is 0 Å². The van der Waals surface area contributed by atoms with E-state index in [1.807, 2.05) is 7.11 Å². The van der Waals surface area contributed by atoms with Gasteiger partial charge in [0.15, 0.2) is 0 Å². The molecule has 4 bridgehead atoms. The van der Waals surface area contributed by atoms with Crippen LogP contribution in [0, 0.1) is 35.5 Å². The summed E-state index contributed by atoms with van der Waals surface area (Å²) in [5.74, 6) is 4.02. The summed E-state index contributed by atoms with van der Waals surface area (Å²) in [6.07, 6.45) is 16.2. The van der Waals surface area contributed by atoms with Gasteiger partial charge in [0.05, 0.1) is 25.0 Å². The summed E-state index contributed by atoms with van der Waals surface area (Å²) in [5, 5.41) is 4.48. The molecular weight excluding hydrogens is 456 g/mol. The Morgan fingerprint density at radius 1 is 0.861 bits per heavy atom. The van der Waals surface area contributed by atoms with Crippen LogP contribution in [0.25, 0.3) is 0 Å². The van der Waals surface area contributed by atoms with E-state index in [-0.39, 0.29) is 6.10 Å². The van der Waals surface area contributed by atoms with Gasteiger partial charge in [0.2, 0.25) is 5.79 Å². The first-order valence-electron chi connectivity index (χ1n) is 15.1. The fraction of sp³-hybridized carbons (Fsp3) is 0.966. The standard InChI is InChI=1S/C29H48N2O5/c1-32-29(25-17-21-16-22(19-25)20-26(29)18-21)36-35-28-8-4-24(5-9-28)23-2-6-27(7-3-23)30-34-15-12-31-10-13-33-14-11-31/h21-26,28H,2-20H2,1H3/t21?,22?,23?,24-,25?,26?,28+,29?. The van der Waals surface area contributed by atoms with Gasteiger partial charge in [0.25, 0.3) is 0 Å². The predicted octanol–water partition coefficient (Wildman–Crippen LogP) is 5.19. The molecule has 0 aromatic carbocycles. The Kier molecular flexibility index (Phi) is 8.21. The molecule has 7 nitrogen and oxygen atoms in total. The first kappa shape index (κ1) is 25.5. The molecule has 0 radical (unpaired) electrons. The highest BCUT2D eigenvalue weighted by molar-refractivity contribution is 5.84. The molecule has 7 rings (SSSR count). The summed E-state index contributed by atoms with van der Waals surface area (Å²) in [6, 6.07) is 0. The van der Waals surface area contributed by atoms with E-state index in [2.05, 4.69) is 10.1 Å². The zero-order valence-electron chi connectivity index (χ0n) is 22.4. The molecule has 0 unspecified atom stereocenters. The van der Waals surface area contributed by atoms with Crippen LogP contribution in [0.15, 0.2) is 5.16 Å². The highest BCUT2D eigenvalue weighted by atomic mass is 17.2. The van der Waals surface area contributed by atoms with Crippen LogP contribution in [0.4, 0.5) is 0 Å². The number of methoxy groups -OCH3 is 1. The van der Waals surface area contributed by atoms with Gasteiger partial charge in [-0.1, -0.05) is 5.16 Å². The fourth-order valence-electron chi connectivity index (χ4n) is 8.81. The van der Waals surface area contributed by atoms with E-state index in [9.17, 15) is 0 Å². The molecule has 7 fully saturated rings. The third-order valence-electron chi connectivity index (χ3n) is 10.7. The van der Waals surface area contributed by atoms with Gasteiger partial charge < -0.3 is 14.3 Å². The van der Waals surface area contributed by atoms with Gasteiger partial charge >= 0.3 is 0 Å². The highest BCUT2D eigenvalue weighted by Gasteiger charge is 2.60. The Morgan fingerprint density at radius 3 is 2.14 bits per heavy atom. The zero-order valence-corrected chi connectivity index (χ0v) is 22.4. The molecule has 0 aromatic heterocycles. The van der Waals surface area contributed by atoms with Gasteiger partial charge in [-0.3, -0.25) is 4.90 Å². The van der Waals surface area contributed by atoms with Crippen LogP contribution in [-0.2, 0) is 24.1 Å². The Morgan fingerprint density at radius 2 is 1.50 bits per heavy atom. The number of hydrogen-bond donors (Lipinski definition) is 0. The number of oxime groups is 1. The summed E-state index contributed by atoms with van der Waals surface area (Å²) in [6.45, 7) is 5.34. The Labute approximate surface area is 217 Å². The van der Waals surface area contributed by atoms with E-state index < -0.39 is 5.79 Å². The van der Waals surface area contributed by atoms with Gasteiger partial charge in [0, 0.05) is 38.6 Å². The molecule has 6 saturated carbocycles. The summed E-state index contributed by atoms with van der Waals surface area (Å²) >= 11 is 0. The molecule has 1 saturated heterocycles. The molecule has 0 spiro atoms. The molecular formula is C29H48N2O5. The highest BCUT2D eigenvalue weighted by Crippen LogP contribution is 2.60. The number of hydrogen-bond acceptors (Lipinski definition) is 7. The lowest BCUT2D eigenvalue weighted by Crippen LogP contribution is -2.60. The largest absolute Gasteiger partial charge is 0.394 e. The number of morpholine rings is 1. The van der Waals surface area contributed by atoms with Crippen molar-refractivity contribution in [3.63, 3.8) is 0 Å². The van der Waals surface area contributed by atoms with Crippen molar-refractivity contribution in [1.29, 1.82) is 0 Å². The Balaban J connectivity index is 0.894. The molecule has 0 amide bonds. The third kappa shape index (κ3) is 5.51. The van der Waals surface area contributed by atoms with Crippen LogP contribution in [0.2, 0.25) is 0 Å². The lowest BCUT2D eigenvalue weighted by atomic mass is 9.53. The maximum Gasteiger partial charge on any atom is 0.207 e. The van der Waals surface area contributed by atoms with Crippen LogP contribution >= 0.6 is 0 Å². The fourth-order valence-corrected chi connectivity index (χ4v) is 8.81. The minimum Gasteiger partial charge on any atom is -0.394 e. The van der Waals surface area contributed by atoms with Gasteiger partial charge in [-0.05, 0) is 107 Å². The van der Waals surface area contributed by atoms with Gasteiger partial charge in [-0.15, -0.1) is 0 Å². The van der Waals surface area contributed by atoms with E-state index in [1.165, 1.54) is 63.5 Å². The number of rotatable bonds is 9. The van der Waals surface area contributed by atoms with Crippen molar-refractivity contribution >= 4 is 5.71 Å². The Hall–Kier alpha value is -0.730. The smallest absolute Gasteiger partial charge is 0.207 e. The van der Waals surface area contributed by atoms with Crippen LogP contribution < -0.4 is 0 Å². The average Bonchev–Trinajstić information content (AvgIpc) is 2.92. The second-order valence-corrected chi connectivity index (χ2v) is 12.7. The van der Waals surface area contributed by atoms with Crippen LogP contribution in [0.5, 0.6) is 0 Å². The molecule has 0 atom stereocenters. The molecule has 7 aliphatic rings. The molecule has 0 N–H and O–H groups in total. The van der Waals surface area contributed by atoms with Crippen molar-refractivity contribution in [1.82, 2.24) is 4.90 Å². The lowest BCUT2D eigenvalue weighted by molar-refractivity contribution is -0.486. The van der Waals surface area contributed by atoms with E-state index in [0.717, 1.165) is 82.2 Å². The van der Waals surface area contributed by atoms with Crippen molar-refractivity contribution in [2.45, 2.75) is 95.4 Å². The predicted molar refractivity (Wildman–Crippen MR) is 137 cm³/mol. The van der Waals surface area contributed by atoms with Gasteiger partial charge in [-0.25, -0.2) is 9.78 Å². The average molecular weight is 505 g/mol. The van der Waals surface area contributed by atoms with Crippen molar-refractivity contribution in [2.24, 2.45) is 40.7 Å². The first-order chi connectivity index (χ1) is 17.7. The summed E-state index contributed by atoms with van der Waals surface area (Å²) in [4.78, 5) is 20.6. The minimum absolute atomic E-state index is 0.228. The molecule has 1 heterocycles. The third-order valence-corrected chi connectivity index (χ3v) is 10.7. The van der Waals surface area contributed by atoms with Crippen LogP contribution in [0.3, 0.4) is 0 Å². The molecule has 1 aliphatic heterocycles. The van der Waals surface area contributed by atoms with Crippen molar-refractivity contribution in [3.05, 3.63) is 0 Å². The lowest BCUT2D eigenvalue weighted by Gasteiger charge is -2.58. The van der Waals surface area contributed by atoms with Crippen LogP contribution in [-0.4, -0.2) is 69.1 Å². The second-order valence-electron chi connectivity index (χ2n) is 12.7. The summed E-state index contributed by atoms with van der Waals surface area (Å²) in [7, 11) is 1.85. The SMILES string of the molecule is COC1(OO[C@H]2CC[C@@H](C3CCC(=NOCCN4CCOCC4)CC3)CC2)C2CC3CC(C2)CC1C3. The number of nitrogens with zero attached hydrogens (tertiary/aromatic N) is 2. The molecule has 204 valence electrons. The van der Waals surface area contributed by atoms with E-state index in [1.54, 1.807) is 0 Å². The normalized spacial score (nSPS) is 43.0. The Bertz CT molecular complexity index is 708. The molecule has 7 heteroatoms. The van der Waals surface area contributed by atoms with E-state index in [0.29, 0.717) is 18.4 Å². The van der Waals surface area contributed by atoms with Crippen LogP contribution in [0.1, 0.15) is 83.5 Å². The molecule has 36 heavy (non-hydrogen) atoms.